The third-order valence-corrected chi connectivity index (χ3v) is 3.43. The molecule has 0 aliphatic rings. The SMILES string of the molecule is COc1cc(NC(=O)OC(C)(C)C)ccc1S(=O)(=O)Cl. The Labute approximate surface area is 122 Å². The van der Waals surface area contributed by atoms with Crippen molar-refractivity contribution in [2.75, 3.05) is 12.4 Å². The number of carbonyl (C=O) groups is 1. The quantitative estimate of drug-likeness (QED) is 0.865. The van der Waals surface area contributed by atoms with Crippen molar-refractivity contribution >= 4 is 31.5 Å². The fraction of sp³-hybridized carbons (Fsp3) is 0.417. The van der Waals surface area contributed by atoms with E-state index < -0.39 is 20.7 Å². The number of benzene rings is 1. The Morgan fingerprint density at radius 2 is 1.90 bits per heavy atom. The van der Waals surface area contributed by atoms with E-state index in [0.29, 0.717) is 5.69 Å². The van der Waals surface area contributed by atoms with Gasteiger partial charge in [0.1, 0.15) is 16.2 Å². The molecular weight excluding hydrogens is 306 g/mol. The van der Waals surface area contributed by atoms with Gasteiger partial charge < -0.3 is 9.47 Å². The van der Waals surface area contributed by atoms with Crippen LogP contribution in [0.15, 0.2) is 23.1 Å². The summed E-state index contributed by atoms with van der Waals surface area (Å²) in [6, 6.07) is 3.98. The maximum atomic E-state index is 11.6. The molecule has 0 aliphatic heterocycles. The molecule has 0 bridgehead atoms. The molecule has 20 heavy (non-hydrogen) atoms. The molecule has 0 saturated heterocycles. The first-order valence-electron chi connectivity index (χ1n) is 5.65. The van der Waals surface area contributed by atoms with E-state index >= 15 is 0 Å². The fourth-order valence-electron chi connectivity index (χ4n) is 1.37. The minimum atomic E-state index is -3.92. The van der Waals surface area contributed by atoms with Crippen molar-refractivity contribution in [1.82, 2.24) is 0 Å². The molecule has 0 heterocycles. The smallest absolute Gasteiger partial charge is 0.412 e. The van der Waals surface area contributed by atoms with Gasteiger partial charge in [0.25, 0.3) is 9.05 Å². The van der Waals surface area contributed by atoms with Crippen LogP contribution in [0.25, 0.3) is 0 Å². The van der Waals surface area contributed by atoms with Gasteiger partial charge >= 0.3 is 6.09 Å². The summed E-state index contributed by atoms with van der Waals surface area (Å²) in [5, 5.41) is 2.47. The largest absolute Gasteiger partial charge is 0.495 e. The van der Waals surface area contributed by atoms with Crippen LogP contribution < -0.4 is 10.1 Å². The molecule has 0 spiro atoms. The first kappa shape index (κ1) is 16.6. The maximum Gasteiger partial charge on any atom is 0.412 e. The van der Waals surface area contributed by atoms with Crippen LogP contribution in [0.2, 0.25) is 0 Å². The van der Waals surface area contributed by atoms with Crippen molar-refractivity contribution in [2.24, 2.45) is 0 Å². The second kappa shape index (κ2) is 5.88. The third kappa shape index (κ3) is 4.90. The highest BCUT2D eigenvalue weighted by Crippen LogP contribution is 2.29. The Morgan fingerprint density at radius 1 is 1.30 bits per heavy atom. The zero-order valence-corrected chi connectivity index (χ0v) is 13.1. The molecule has 0 radical (unpaired) electrons. The summed E-state index contributed by atoms with van der Waals surface area (Å²) in [6.45, 7) is 5.20. The highest BCUT2D eigenvalue weighted by molar-refractivity contribution is 8.13. The van der Waals surface area contributed by atoms with Crippen LogP contribution in [0.5, 0.6) is 5.75 Å². The summed E-state index contributed by atoms with van der Waals surface area (Å²) in [6.07, 6.45) is -0.652. The van der Waals surface area contributed by atoms with Gasteiger partial charge in [-0.3, -0.25) is 5.32 Å². The molecule has 1 N–H and O–H groups in total. The van der Waals surface area contributed by atoms with Crippen LogP contribution in [-0.2, 0) is 13.8 Å². The Kier molecular flexibility index (Phi) is 4.88. The van der Waals surface area contributed by atoms with Crippen LogP contribution in [0.4, 0.5) is 10.5 Å². The summed E-state index contributed by atoms with van der Waals surface area (Å²) < 4.78 is 32.6. The first-order chi connectivity index (χ1) is 9.03. The van der Waals surface area contributed by atoms with Crippen LogP contribution in [0.3, 0.4) is 0 Å². The van der Waals surface area contributed by atoms with Gasteiger partial charge in [0.2, 0.25) is 0 Å². The Balaban J connectivity index is 2.98. The van der Waals surface area contributed by atoms with E-state index in [2.05, 4.69) is 5.32 Å². The predicted octanol–water partition coefficient (Wildman–Crippen LogP) is 2.97. The highest BCUT2D eigenvalue weighted by atomic mass is 35.7. The van der Waals surface area contributed by atoms with Gasteiger partial charge in [-0.1, -0.05) is 0 Å². The molecule has 0 atom stereocenters. The summed E-state index contributed by atoms with van der Waals surface area (Å²) in [4.78, 5) is 11.4. The number of anilines is 1. The van der Waals surface area contributed by atoms with Gasteiger partial charge in [0.15, 0.2) is 0 Å². The number of rotatable bonds is 3. The van der Waals surface area contributed by atoms with Crippen LogP contribution >= 0.6 is 10.7 Å². The second-order valence-electron chi connectivity index (χ2n) is 4.93. The number of methoxy groups -OCH3 is 1. The number of ether oxygens (including phenoxy) is 2. The molecular formula is C12H16ClNO5S. The number of hydrogen-bond acceptors (Lipinski definition) is 5. The highest BCUT2D eigenvalue weighted by Gasteiger charge is 2.19. The van der Waals surface area contributed by atoms with Crippen LogP contribution in [0.1, 0.15) is 20.8 Å². The van der Waals surface area contributed by atoms with Gasteiger partial charge in [-0.05, 0) is 32.9 Å². The van der Waals surface area contributed by atoms with E-state index in [0.717, 1.165) is 0 Å². The zero-order valence-electron chi connectivity index (χ0n) is 11.6. The molecule has 6 nitrogen and oxygen atoms in total. The van der Waals surface area contributed by atoms with E-state index in [-0.39, 0.29) is 10.6 Å². The number of amides is 1. The first-order valence-corrected chi connectivity index (χ1v) is 7.96. The maximum absolute atomic E-state index is 11.6. The van der Waals surface area contributed by atoms with Crippen molar-refractivity contribution in [2.45, 2.75) is 31.3 Å². The molecule has 0 unspecified atom stereocenters. The molecule has 0 fully saturated rings. The minimum absolute atomic E-state index is 0.0357. The molecule has 8 heteroatoms. The summed E-state index contributed by atoms with van der Waals surface area (Å²) in [7, 11) is 2.66. The Bertz CT molecular complexity index is 607. The molecule has 1 rings (SSSR count). The van der Waals surface area contributed by atoms with E-state index in [1.165, 1.54) is 25.3 Å². The topological polar surface area (TPSA) is 81.7 Å². The molecule has 1 amide bonds. The average Bonchev–Trinajstić information content (AvgIpc) is 2.24. The summed E-state index contributed by atoms with van der Waals surface area (Å²) >= 11 is 0. The van der Waals surface area contributed by atoms with Crippen molar-refractivity contribution in [3.63, 3.8) is 0 Å². The van der Waals surface area contributed by atoms with Crippen LogP contribution in [-0.4, -0.2) is 27.2 Å². The molecule has 0 aromatic heterocycles. The molecule has 1 aromatic rings. The number of carbonyl (C=O) groups excluding carboxylic acids is 1. The number of hydrogen-bond donors (Lipinski definition) is 1. The Morgan fingerprint density at radius 3 is 2.35 bits per heavy atom. The van der Waals surface area contributed by atoms with Gasteiger partial charge in [-0.2, -0.15) is 0 Å². The number of halogens is 1. The second-order valence-corrected chi connectivity index (χ2v) is 7.46. The van der Waals surface area contributed by atoms with Gasteiger partial charge in [0, 0.05) is 22.4 Å². The lowest BCUT2D eigenvalue weighted by Crippen LogP contribution is -2.27. The van der Waals surface area contributed by atoms with Gasteiger partial charge in [-0.25, -0.2) is 13.2 Å². The molecule has 0 aliphatic carbocycles. The van der Waals surface area contributed by atoms with Crippen LogP contribution in [0, 0.1) is 0 Å². The van der Waals surface area contributed by atoms with Gasteiger partial charge in [-0.15, -0.1) is 0 Å². The lowest BCUT2D eigenvalue weighted by atomic mass is 10.2. The molecule has 112 valence electrons. The van der Waals surface area contributed by atoms with E-state index in [1.807, 2.05) is 0 Å². The minimum Gasteiger partial charge on any atom is -0.495 e. The lowest BCUT2D eigenvalue weighted by molar-refractivity contribution is 0.0636. The molecule has 1 aromatic carbocycles. The zero-order chi connectivity index (χ0) is 15.6. The third-order valence-electron chi connectivity index (χ3n) is 2.07. The van der Waals surface area contributed by atoms with E-state index in [9.17, 15) is 13.2 Å². The Hall–Kier alpha value is -1.47. The van der Waals surface area contributed by atoms with E-state index in [4.69, 9.17) is 20.2 Å². The van der Waals surface area contributed by atoms with Gasteiger partial charge in [0.05, 0.1) is 7.11 Å². The average molecular weight is 322 g/mol. The normalized spacial score (nSPS) is 11.8. The van der Waals surface area contributed by atoms with Crippen molar-refractivity contribution < 1.29 is 22.7 Å². The summed E-state index contributed by atoms with van der Waals surface area (Å²) in [5.41, 5.74) is -0.298. The van der Waals surface area contributed by atoms with E-state index in [1.54, 1.807) is 20.8 Å². The standard InChI is InChI=1S/C12H16ClNO5S/c1-12(2,3)19-11(15)14-8-5-6-10(20(13,16)17)9(7-8)18-4/h5-7H,1-4H3,(H,14,15). The monoisotopic (exact) mass is 321 g/mol. The van der Waals surface area contributed by atoms with Crippen molar-refractivity contribution in [1.29, 1.82) is 0 Å². The summed E-state index contributed by atoms with van der Waals surface area (Å²) in [5.74, 6) is 0.0357. The molecule has 0 saturated carbocycles. The number of nitrogens with one attached hydrogen (secondary N) is 1. The predicted molar refractivity (Wildman–Crippen MR) is 75.9 cm³/mol. The van der Waals surface area contributed by atoms with Crippen molar-refractivity contribution in [3.05, 3.63) is 18.2 Å². The lowest BCUT2D eigenvalue weighted by Gasteiger charge is -2.19. The fourth-order valence-corrected chi connectivity index (χ4v) is 2.36. The van der Waals surface area contributed by atoms with Crippen molar-refractivity contribution in [3.8, 4) is 5.75 Å².